The molecule has 0 aromatic heterocycles. The van der Waals surface area contributed by atoms with Crippen molar-refractivity contribution in [1.82, 2.24) is 4.90 Å². The molecule has 1 saturated carbocycles. The van der Waals surface area contributed by atoms with Crippen molar-refractivity contribution in [2.24, 2.45) is 0 Å². The van der Waals surface area contributed by atoms with Crippen LogP contribution in [0.1, 0.15) is 24.0 Å². The van der Waals surface area contributed by atoms with Crippen molar-refractivity contribution in [1.29, 1.82) is 5.26 Å². The minimum absolute atomic E-state index is 0.624. The largest absolute Gasteiger partial charge is 0.491 e. The summed E-state index contributed by atoms with van der Waals surface area (Å²) >= 11 is 0. The maximum Gasteiger partial charge on any atom is 0.137 e. The van der Waals surface area contributed by atoms with Gasteiger partial charge in [-0.05, 0) is 44.5 Å². The Bertz CT molecular complexity index is 432. The summed E-state index contributed by atoms with van der Waals surface area (Å²) in [6.45, 7) is 3.54. The number of rotatable bonds is 5. The van der Waals surface area contributed by atoms with E-state index in [9.17, 15) is 0 Å². The van der Waals surface area contributed by atoms with Crippen LogP contribution in [-0.2, 0) is 0 Å². The normalized spacial score (nSPS) is 14.7. The number of nitriles is 1. The molecule has 1 fully saturated rings. The SMILES string of the molecule is Cc1ccc(OCCN(C)C2CC2)c(C#N)c1. The molecule has 1 aliphatic carbocycles. The molecule has 1 aromatic carbocycles. The zero-order valence-corrected chi connectivity index (χ0v) is 10.4. The predicted octanol–water partition coefficient (Wildman–Crippen LogP) is 2.34. The van der Waals surface area contributed by atoms with Gasteiger partial charge in [0.2, 0.25) is 0 Å². The van der Waals surface area contributed by atoms with Crippen LogP contribution in [0.4, 0.5) is 0 Å². The van der Waals surface area contributed by atoms with Crippen LogP contribution in [0.15, 0.2) is 18.2 Å². The van der Waals surface area contributed by atoms with Crippen LogP contribution in [0.5, 0.6) is 5.75 Å². The highest BCUT2D eigenvalue weighted by atomic mass is 16.5. The summed E-state index contributed by atoms with van der Waals surface area (Å²) < 4.78 is 5.67. The first-order chi connectivity index (χ1) is 8.20. The molecule has 0 unspecified atom stereocenters. The maximum atomic E-state index is 9.01. The number of aryl methyl sites for hydroxylation is 1. The second-order valence-electron chi connectivity index (χ2n) is 4.67. The molecule has 1 aromatic rings. The van der Waals surface area contributed by atoms with Gasteiger partial charge in [-0.2, -0.15) is 5.26 Å². The van der Waals surface area contributed by atoms with Gasteiger partial charge in [-0.25, -0.2) is 0 Å². The van der Waals surface area contributed by atoms with Gasteiger partial charge in [-0.15, -0.1) is 0 Å². The van der Waals surface area contributed by atoms with Crippen LogP contribution in [0, 0.1) is 18.3 Å². The van der Waals surface area contributed by atoms with Gasteiger partial charge in [-0.1, -0.05) is 6.07 Å². The molecule has 3 heteroatoms. The van der Waals surface area contributed by atoms with Gasteiger partial charge in [0.15, 0.2) is 0 Å². The molecule has 0 spiro atoms. The fourth-order valence-electron chi connectivity index (χ4n) is 1.85. The van der Waals surface area contributed by atoms with E-state index in [0.29, 0.717) is 17.9 Å². The molecule has 1 aliphatic rings. The molecule has 0 atom stereocenters. The van der Waals surface area contributed by atoms with Crippen molar-refractivity contribution in [3.8, 4) is 11.8 Å². The summed E-state index contributed by atoms with van der Waals surface area (Å²) in [6, 6.07) is 8.64. The molecule has 0 bridgehead atoms. The maximum absolute atomic E-state index is 9.01. The lowest BCUT2D eigenvalue weighted by Gasteiger charge is -2.16. The fraction of sp³-hybridized carbons (Fsp3) is 0.500. The molecule has 0 saturated heterocycles. The highest BCUT2D eigenvalue weighted by molar-refractivity contribution is 5.45. The molecule has 3 nitrogen and oxygen atoms in total. The van der Waals surface area contributed by atoms with Crippen molar-refractivity contribution < 1.29 is 4.74 Å². The van der Waals surface area contributed by atoms with Crippen LogP contribution < -0.4 is 4.74 Å². The molecule has 0 heterocycles. The molecule has 0 aliphatic heterocycles. The summed E-state index contributed by atoms with van der Waals surface area (Å²) in [7, 11) is 2.13. The van der Waals surface area contributed by atoms with Crippen LogP contribution in [0.3, 0.4) is 0 Å². The zero-order valence-electron chi connectivity index (χ0n) is 10.4. The number of hydrogen-bond acceptors (Lipinski definition) is 3. The second kappa shape index (κ2) is 5.20. The van der Waals surface area contributed by atoms with E-state index in [4.69, 9.17) is 10.00 Å². The van der Waals surface area contributed by atoms with E-state index in [1.165, 1.54) is 12.8 Å². The number of likely N-dealkylation sites (N-methyl/N-ethyl adjacent to an activating group) is 1. The number of nitrogens with zero attached hydrogens (tertiary/aromatic N) is 2. The molecule has 0 radical (unpaired) electrons. The van der Waals surface area contributed by atoms with Crippen molar-refractivity contribution in [2.75, 3.05) is 20.2 Å². The lowest BCUT2D eigenvalue weighted by atomic mass is 10.1. The Balaban J connectivity index is 1.87. The average Bonchev–Trinajstić information content (AvgIpc) is 3.14. The number of benzene rings is 1. The van der Waals surface area contributed by atoms with Crippen molar-refractivity contribution in [3.63, 3.8) is 0 Å². The fourth-order valence-corrected chi connectivity index (χ4v) is 1.85. The Kier molecular flexibility index (Phi) is 3.65. The lowest BCUT2D eigenvalue weighted by Crippen LogP contribution is -2.26. The van der Waals surface area contributed by atoms with Crippen LogP contribution in [0.25, 0.3) is 0 Å². The van der Waals surface area contributed by atoms with E-state index in [1.54, 1.807) is 0 Å². The summed E-state index contributed by atoms with van der Waals surface area (Å²) in [5.74, 6) is 0.697. The van der Waals surface area contributed by atoms with Gasteiger partial charge >= 0.3 is 0 Å². The van der Waals surface area contributed by atoms with Crippen molar-refractivity contribution >= 4 is 0 Å². The number of ether oxygens (including phenoxy) is 1. The highest BCUT2D eigenvalue weighted by Crippen LogP contribution is 2.25. The Labute approximate surface area is 103 Å². The molecule has 90 valence electrons. The minimum Gasteiger partial charge on any atom is -0.491 e. The van der Waals surface area contributed by atoms with Crippen molar-refractivity contribution in [2.45, 2.75) is 25.8 Å². The highest BCUT2D eigenvalue weighted by Gasteiger charge is 2.25. The van der Waals surface area contributed by atoms with Gasteiger partial charge < -0.3 is 9.64 Å². The van der Waals surface area contributed by atoms with Gasteiger partial charge in [-0.3, -0.25) is 0 Å². The monoisotopic (exact) mass is 230 g/mol. The smallest absolute Gasteiger partial charge is 0.137 e. The number of hydrogen-bond donors (Lipinski definition) is 0. The van der Waals surface area contributed by atoms with E-state index in [0.717, 1.165) is 18.2 Å². The van der Waals surface area contributed by atoms with Crippen LogP contribution >= 0.6 is 0 Å². The van der Waals surface area contributed by atoms with E-state index >= 15 is 0 Å². The second-order valence-corrected chi connectivity index (χ2v) is 4.67. The predicted molar refractivity (Wildman–Crippen MR) is 67.0 cm³/mol. The van der Waals surface area contributed by atoms with E-state index in [2.05, 4.69) is 18.0 Å². The van der Waals surface area contributed by atoms with Gasteiger partial charge in [0.05, 0.1) is 5.56 Å². The van der Waals surface area contributed by atoms with Gasteiger partial charge in [0.25, 0.3) is 0 Å². The Morgan fingerprint density at radius 1 is 1.47 bits per heavy atom. The minimum atomic E-state index is 0.624. The standard InChI is InChI=1S/C14H18N2O/c1-11-3-6-14(12(9-11)10-15)17-8-7-16(2)13-4-5-13/h3,6,9,13H,4-5,7-8H2,1-2H3. The average molecular weight is 230 g/mol. The molecule has 0 N–H and O–H groups in total. The lowest BCUT2D eigenvalue weighted by molar-refractivity contribution is 0.231. The van der Waals surface area contributed by atoms with Crippen LogP contribution in [0.2, 0.25) is 0 Å². The Morgan fingerprint density at radius 3 is 2.88 bits per heavy atom. The van der Waals surface area contributed by atoms with Gasteiger partial charge in [0.1, 0.15) is 18.4 Å². The van der Waals surface area contributed by atoms with Gasteiger partial charge in [0, 0.05) is 12.6 Å². The van der Waals surface area contributed by atoms with E-state index < -0.39 is 0 Å². The zero-order chi connectivity index (χ0) is 12.3. The van der Waals surface area contributed by atoms with Crippen LogP contribution in [-0.4, -0.2) is 31.1 Å². The quantitative estimate of drug-likeness (QED) is 0.779. The first-order valence-electron chi connectivity index (χ1n) is 6.04. The Hall–Kier alpha value is -1.53. The molecule has 0 amide bonds. The molecular weight excluding hydrogens is 212 g/mol. The molecule has 2 rings (SSSR count). The topological polar surface area (TPSA) is 36.3 Å². The molecular formula is C14H18N2O. The third-order valence-electron chi connectivity index (χ3n) is 3.13. The first kappa shape index (κ1) is 11.9. The third kappa shape index (κ3) is 3.21. The van der Waals surface area contributed by atoms with E-state index in [1.807, 2.05) is 25.1 Å². The summed E-state index contributed by atoms with van der Waals surface area (Å²) in [6.07, 6.45) is 2.62. The third-order valence-corrected chi connectivity index (χ3v) is 3.13. The molecule has 17 heavy (non-hydrogen) atoms. The van der Waals surface area contributed by atoms with Crippen molar-refractivity contribution in [3.05, 3.63) is 29.3 Å². The Morgan fingerprint density at radius 2 is 2.24 bits per heavy atom. The summed E-state index contributed by atoms with van der Waals surface area (Å²) in [4.78, 5) is 2.32. The first-order valence-corrected chi connectivity index (χ1v) is 6.04. The summed E-state index contributed by atoms with van der Waals surface area (Å²) in [5, 5.41) is 9.01. The van der Waals surface area contributed by atoms with E-state index in [-0.39, 0.29) is 0 Å². The summed E-state index contributed by atoms with van der Waals surface area (Å²) in [5.41, 5.74) is 1.71.